The van der Waals surface area contributed by atoms with E-state index in [2.05, 4.69) is 222 Å². The molecule has 0 amide bonds. The van der Waals surface area contributed by atoms with Crippen LogP contribution in [0.2, 0.25) is 0 Å². The summed E-state index contributed by atoms with van der Waals surface area (Å²) in [6.45, 7) is 0. The maximum absolute atomic E-state index is 6.61. The van der Waals surface area contributed by atoms with Gasteiger partial charge in [-0.15, -0.1) is 0 Å². The van der Waals surface area contributed by atoms with Crippen molar-refractivity contribution in [1.29, 1.82) is 0 Å². The number of furan rings is 1. The van der Waals surface area contributed by atoms with Gasteiger partial charge in [-0.3, -0.25) is 0 Å². The fourth-order valence-electron chi connectivity index (χ4n) is 10.4. The highest BCUT2D eigenvalue weighted by molar-refractivity contribution is 6.26. The molecule has 13 rings (SSSR count). The predicted molar refractivity (Wildman–Crippen MR) is 266 cm³/mol. The minimum Gasteiger partial charge on any atom is -0.455 e. The lowest BCUT2D eigenvalue weighted by atomic mass is 9.91. The van der Waals surface area contributed by atoms with E-state index in [4.69, 9.17) is 4.42 Å². The van der Waals surface area contributed by atoms with E-state index in [0.29, 0.717) is 0 Å². The summed E-state index contributed by atoms with van der Waals surface area (Å²) >= 11 is 0. The number of para-hydroxylation sites is 5. The first-order valence-electron chi connectivity index (χ1n) is 21.9. The van der Waals surface area contributed by atoms with E-state index in [9.17, 15) is 0 Å². The topological polar surface area (TPSA) is 21.3 Å². The summed E-state index contributed by atoms with van der Waals surface area (Å²) in [5.74, 6) is 0. The van der Waals surface area contributed by atoms with Gasteiger partial charge in [0.2, 0.25) is 0 Å². The Morgan fingerprint density at radius 1 is 0.381 bits per heavy atom. The Morgan fingerprint density at radius 2 is 0.921 bits per heavy atom. The van der Waals surface area contributed by atoms with E-state index in [-0.39, 0.29) is 0 Å². The summed E-state index contributed by atoms with van der Waals surface area (Å²) in [6.07, 6.45) is 6.80. The number of nitrogens with zero attached hydrogens (tertiary/aromatic N) is 2. The zero-order valence-corrected chi connectivity index (χ0v) is 34.5. The Kier molecular flexibility index (Phi) is 8.04. The van der Waals surface area contributed by atoms with Gasteiger partial charge >= 0.3 is 0 Å². The molecule has 0 spiro atoms. The maximum atomic E-state index is 6.61. The van der Waals surface area contributed by atoms with E-state index >= 15 is 0 Å². The van der Waals surface area contributed by atoms with Crippen LogP contribution >= 0.6 is 0 Å². The summed E-state index contributed by atoms with van der Waals surface area (Å²) in [5, 5.41) is 12.3. The quantitative estimate of drug-likeness (QED) is 0.156. The summed E-state index contributed by atoms with van der Waals surface area (Å²) in [4.78, 5) is 2.50. The van der Waals surface area contributed by atoms with Gasteiger partial charge in [0.25, 0.3) is 0 Å². The normalized spacial score (nSPS) is 13.1. The van der Waals surface area contributed by atoms with Gasteiger partial charge in [-0.1, -0.05) is 170 Å². The standard InChI is InChI=1S/C60H40N2O/c1-2-21-45-43(19-1)44-20-3-4-22-46(44)54-38-41(35-36-47(45)54)61(40-18-15-17-39(37-40)42-28-16-29-53-52-27-9-14-34-59(52)63-60(42)53)55-30-10-5-23-48(55)49-24-6-11-31-56(49)62-57-32-12-7-25-50(57)51-26-8-13-33-58(51)62/h1-4,6-9,11-38H,5,10H2. The molecule has 296 valence electrons. The van der Waals surface area contributed by atoms with Crippen molar-refractivity contribution in [3.8, 4) is 16.8 Å². The average Bonchev–Trinajstić information content (AvgIpc) is 3.91. The number of hydrogen-bond acceptors (Lipinski definition) is 2. The molecule has 63 heavy (non-hydrogen) atoms. The molecule has 10 aromatic carbocycles. The number of rotatable bonds is 6. The molecule has 1 aliphatic rings. The first-order valence-corrected chi connectivity index (χ1v) is 21.9. The third-order valence-electron chi connectivity index (χ3n) is 13.2. The van der Waals surface area contributed by atoms with Gasteiger partial charge in [-0.2, -0.15) is 0 Å². The van der Waals surface area contributed by atoms with Crippen molar-refractivity contribution in [2.24, 2.45) is 0 Å². The Balaban J connectivity index is 1.05. The van der Waals surface area contributed by atoms with E-state index in [1.807, 2.05) is 6.07 Å². The van der Waals surface area contributed by atoms with Gasteiger partial charge in [-0.05, 0) is 99.3 Å². The minimum atomic E-state index is 0.901. The molecule has 0 aliphatic heterocycles. The van der Waals surface area contributed by atoms with Crippen LogP contribution in [0.15, 0.2) is 229 Å². The molecule has 0 radical (unpaired) electrons. The molecule has 3 heteroatoms. The molecule has 1 aliphatic carbocycles. The van der Waals surface area contributed by atoms with Gasteiger partial charge in [-0.25, -0.2) is 0 Å². The first kappa shape index (κ1) is 35.6. The number of anilines is 2. The molecule has 0 saturated carbocycles. The summed E-state index contributed by atoms with van der Waals surface area (Å²) in [5.41, 5.74) is 13.3. The summed E-state index contributed by atoms with van der Waals surface area (Å²) < 4.78 is 9.07. The van der Waals surface area contributed by atoms with Crippen LogP contribution < -0.4 is 4.90 Å². The van der Waals surface area contributed by atoms with Crippen LogP contribution in [0.5, 0.6) is 0 Å². The molecule has 0 saturated heterocycles. The number of allylic oxidation sites excluding steroid dienone is 3. The van der Waals surface area contributed by atoms with E-state index in [1.165, 1.54) is 65.3 Å². The Morgan fingerprint density at radius 3 is 1.67 bits per heavy atom. The molecule has 0 N–H and O–H groups in total. The Labute approximate surface area is 364 Å². The lowest BCUT2D eigenvalue weighted by Crippen LogP contribution is -2.20. The molecule has 0 unspecified atom stereocenters. The SMILES string of the molecule is C1=C(c2ccccc2-n2c3ccccc3c3ccccc32)C(N(c2cccc(-c3cccc4c3oc3ccccc34)c2)c2ccc3c4ccccc4c4ccccc4c3c2)=CCC1. The van der Waals surface area contributed by atoms with Gasteiger partial charge in [0, 0.05) is 55.3 Å². The van der Waals surface area contributed by atoms with Crippen molar-refractivity contribution in [2.75, 3.05) is 4.90 Å². The molecule has 0 bridgehead atoms. The average molecular weight is 805 g/mol. The van der Waals surface area contributed by atoms with Crippen molar-refractivity contribution < 1.29 is 4.42 Å². The number of aromatic nitrogens is 1. The monoisotopic (exact) mass is 804 g/mol. The van der Waals surface area contributed by atoms with Crippen LogP contribution in [0.25, 0.3) is 98.4 Å². The third-order valence-corrected chi connectivity index (χ3v) is 13.2. The van der Waals surface area contributed by atoms with Gasteiger partial charge in [0.05, 0.1) is 16.7 Å². The Hall–Kier alpha value is -8.14. The van der Waals surface area contributed by atoms with Crippen molar-refractivity contribution in [1.82, 2.24) is 4.57 Å². The van der Waals surface area contributed by atoms with Crippen LogP contribution in [-0.4, -0.2) is 4.57 Å². The molecule has 2 heterocycles. The molecular weight excluding hydrogens is 765 g/mol. The van der Waals surface area contributed by atoms with Crippen LogP contribution in [0, 0.1) is 0 Å². The number of benzene rings is 10. The summed E-state index contributed by atoms with van der Waals surface area (Å²) in [7, 11) is 0. The summed E-state index contributed by atoms with van der Waals surface area (Å²) in [6, 6.07) is 75.2. The molecule has 2 aromatic heterocycles. The highest BCUT2D eigenvalue weighted by Crippen LogP contribution is 2.46. The molecule has 12 aromatic rings. The van der Waals surface area contributed by atoms with E-state index in [0.717, 1.165) is 68.7 Å². The third kappa shape index (κ3) is 5.53. The van der Waals surface area contributed by atoms with Gasteiger partial charge in [0.1, 0.15) is 11.2 Å². The lowest BCUT2D eigenvalue weighted by Gasteiger charge is -2.33. The Bertz CT molecular complexity index is 3790. The second kappa shape index (κ2) is 14.2. The van der Waals surface area contributed by atoms with Crippen LogP contribution in [0.1, 0.15) is 18.4 Å². The second-order valence-electron chi connectivity index (χ2n) is 16.7. The van der Waals surface area contributed by atoms with Gasteiger partial charge < -0.3 is 13.9 Å². The van der Waals surface area contributed by atoms with E-state index < -0.39 is 0 Å². The van der Waals surface area contributed by atoms with Crippen LogP contribution in [0.4, 0.5) is 11.4 Å². The highest BCUT2D eigenvalue weighted by Gasteiger charge is 2.26. The number of hydrogen-bond donors (Lipinski definition) is 0. The zero-order chi connectivity index (χ0) is 41.4. The fraction of sp³-hybridized carbons (Fsp3) is 0.0333. The molecule has 0 atom stereocenters. The predicted octanol–water partition coefficient (Wildman–Crippen LogP) is 16.7. The maximum Gasteiger partial charge on any atom is 0.143 e. The van der Waals surface area contributed by atoms with Crippen molar-refractivity contribution in [2.45, 2.75) is 12.8 Å². The van der Waals surface area contributed by atoms with E-state index in [1.54, 1.807) is 0 Å². The highest BCUT2D eigenvalue weighted by atomic mass is 16.3. The first-order chi connectivity index (χ1) is 31.3. The smallest absolute Gasteiger partial charge is 0.143 e. The zero-order valence-electron chi connectivity index (χ0n) is 34.5. The van der Waals surface area contributed by atoms with Crippen molar-refractivity contribution in [3.05, 3.63) is 230 Å². The second-order valence-corrected chi connectivity index (χ2v) is 16.7. The fourth-order valence-corrected chi connectivity index (χ4v) is 10.4. The number of fused-ring (bicyclic) bond motifs is 12. The van der Waals surface area contributed by atoms with Crippen LogP contribution in [0.3, 0.4) is 0 Å². The molecule has 3 nitrogen and oxygen atoms in total. The lowest BCUT2D eigenvalue weighted by molar-refractivity contribution is 0.670. The molecule has 0 fully saturated rings. The van der Waals surface area contributed by atoms with Crippen molar-refractivity contribution >= 4 is 93.0 Å². The van der Waals surface area contributed by atoms with Gasteiger partial charge in [0.15, 0.2) is 0 Å². The van der Waals surface area contributed by atoms with Crippen molar-refractivity contribution in [3.63, 3.8) is 0 Å². The van der Waals surface area contributed by atoms with Crippen LogP contribution in [-0.2, 0) is 0 Å². The minimum absolute atomic E-state index is 0.901. The molecular formula is C60H40N2O. The largest absolute Gasteiger partial charge is 0.455 e.